The lowest BCUT2D eigenvalue weighted by molar-refractivity contribution is -0.119. The molecule has 0 spiro atoms. The lowest BCUT2D eigenvalue weighted by Crippen LogP contribution is -2.35. The Labute approximate surface area is 156 Å². The number of benzene rings is 2. The van der Waals surface area contributed by atoms with Crippen LogP contribution in [0.2, 0.25) is 0 Å². The van der Waals surface area contributed by atoms with Crippen LogP contribution in [0, 0.1) is 0 Å². The lowest BCUT2D eigenvalue weighted by Gasteiger charge is -2.28. The number of nitrogens with zero attached hydrogens (tertiary/aromatic N) is 1. The zero-order valence-corrected chi connectivity index (χ0v) is 15.0. The van der Waals surface area contributed by atoms with Gasteiger partial charge in [-0.25, -0.2) is 0 Å². The van der Waals surface area contributed by atoms with Gasteiger partial charge in [0.25, 0.3) is 5.91 Å². The average molecular weight is 368 g/mol. The molecule has 2 aliphatic heterocycles. The molecule has 0 aromatic heterocycles. The molecule has 2 aromatic rings. The number of methoxy groups -OCH3 is 1. The van der Waals surface area contributed by atoms with E-state index in [1.54, 1.807) is 48.4 Å². The van der Waals surface area contributed by atoms with Gasteiger partial charge in [0.15, 0.2) is 11.5 Å². The Morgan fingerprint density at radius 1 is 1.11 bits per heavy atom. The first-order valence-electron chi connectivity index (χ1n) is 8.85. The van der Waals surface area contributed by atoms with Crippen LogP contribution >= 0.6 is 0 Å². The molecule has 140 valence electrons. The summed E-state index contributed by atoms with van der Waals surface area (Å²) in [6, 6.07) is 10.3. The molecule has 0 atom stereocenters. The molecule has 0 unspecified atom stereocenters. The van der Waals surface area contributed by atoms with Crippen molar-refractivity contribution in [3.8, 4) is 17.2 Å². The van der Waals surface area contributed by atoms with Crippen LogP contribution in [0.15, 0.2) is 36.4 Å². The molecule has 4 rings (SSSR count). The minimum atomic E-state index is -0.267. The van der Waals surface area contributed by atoms with Crippen molar-refractivity contribution in [2.45, 2.75) is 19.3 Å². The molecule has 0 aliphatic carbocycles. The molecule has 2 amide bonds. The third-order valence-electron chi connectivity index (χ3n) is 4.69. The summed E-state index contributed by atoms with van der Waals surface area (Å²) in [5.41, 5.74) is 1.78. The molecule has 0 saturated carbocycles. The van der Waals surface area contributed by atoms with Gasteiger partial charge in [0.05, 0.1) is 12.8 Å². The summed E-state index contributed by atoms with van der Waals surface area (Å²) >= 11 is 0. The van der Waals surface area contributed by atoms with Gasteiger partial charge in [-0.15, -0.1) is 0 Å². The van der Waals surface area contributed by atoms with Gasteiger partial charge in [-0.3, -0.25) is 9.59 Å². The number of anilines is 2. The van der Waals surface area contributed by atoms with Crippen molar-refractivity contribution in [2.75, 3.05) is 30.7 Å². The first-order valence-corrected chi connectivity index (χ1v) is 8.85. The summed E-state index contributed by atoms with van der Waals surface area (Å²) in [5.74, 6) is 1.56. The quantitative estimate of drug-likeness (QED) is 0.897. The van der Waals surface area contributed by atoms with Crippen molar-refractivity contribution in [2.24, 2.45) is 0 Å². The summed E-state index contributed by atoms with van der Waals surface area (Å²) in [5, 5.41) is 2.85. The van der Waals surface area contributed by atoms with E-state index in [0.29, 0.717) is 41.5 Å². The molecule has 7 heteroatoms. The summed E-state index contributed by atoms with van der Waals surface area (Å²) in [4.78, 5) is 26.5. The molecule has 0 radical (unpaired) electrons. The predicted molar refractivity (Wildman–Crippen MR) is 99.7 cm³/mol. The van der Waals surface area contributed by atoms with Gasteiger partial charge in [0.2, 0.25) is 12.7 Å². The molecule has 1 saturated heterocycles. The van der Waals surface area contributed by atoms with Crippen molar-refractivity contribution in [1.29, 1.82) is 0 Å². The van der Waals surface area contributed by atoms with E-state index in [1.807, 2.05) is 0 Å². The van der Waals surface area contributed by atoms with Gasteiger partial charge in [-0.2, -0.15) is 0 Å². The molecule has 2 heterocycles. The third-order valence-corrected chi connectivity index (χ3v) is 4.69. The van der Waals surface area contributed by atoms with Crippen LogP contribution in [0.4, 0.5) is 11.4 Å². The number of ether oxygens (including phenoxy) is 3. The van der Waals surface area contributed by atoms with Gasteiger partial charge in [-0.05, 0) is 43.2 Å². The zero-order valence-electron chi connectivity index (χ0n) is 15.0. The maximum Gasteiger partial charge on any atom is 0.255 e. The Kier molecular flexibility index (Phi) is 4.58. The topological polar surface area (TPSA) is 77.1 Å². The predicted octanol–water partition coefficient (Wildman–Crippen LogP) is 3.19. The Hall–Kier alpha value is -3.22. The SMILES string of the molecule is COc1cc(NC(=O)c2ccc3c(c2)OCO3)ccc1N1CCCCC1=O. The summed E-state index contributed by atoms with van der Waals surface area (Å²) in [7, 11) is 1.55. The Morgan fingerprint density at radius 2 is 1.96 bits per heavy atom. The first kappa shape index (κ1) is 17.2. The van der Waals surface area contributed by atoms with E-state index in [4.69, 9.17) is 14.2 Å². The third kappa shape index (κ3) is 3.40. The van der Waals surface area contributed by atoms with E-state index in [2.05, 4.69) is 5.32 Å². The van der Waals surface area contributed by atoms with Gasteiger partial charge >= 0.3 is 0 Å². The molecule has 0 bridgehead atoms. The highest BCUT2D eigenvalue weighted by atomic mass is 16.7. The van der Waals surface area contributed by atoms with Crippen LogP contribution in [-0.2, 0) is 4.79 Å². The molecule has 1 fully saturated rings. The molecule has 7 nitrogen and oxygen atoms in total. The molecule has 2 aliphatic rings. The normalized spacial score (nSPS) is 15.6. The smallest absolute Gasteiger partial charge is 0.255 e. The second kappa shape index (κ2) is 7.19. The van der Waals surface area contributed by atoms with Crippen molar-refractivity contribution in [3.05, 3.63) is 42.0 Å². The Morgan fingerprint density at radius 3 is 2.78 bits per heavy atom. The number of hydrogen-bond donors (Lipinski definition) is 1. The van der Waals surface area contributed by atoms with Gasteiger partial charge in [-0.1, -0.05) is 0 Å². The van der Waals surface area contributed by atoms with Crippen molar-refractivity contribution in [1.82, 2.24) is 0 Å². The number of hydrogen-bond acceptors (Lipinski definition) is 5. The average Bonchev–Trinajstić information content (AvgIpc) is 3.16. The number of piperidine rings is 1. The minimum absolute atomic E-state index is 0.0942. The molecule has 2 aromatic carbocycles. The van der Waals surface area contributed by atoms with Gasteiger partial charge in [0.1, 0.15) is 5.75 Å². The number of amides is 2. The Bertz CT molecular complexity index is 896. The maximum absolute atomic E-state index is 12.5. The summed E-state index contributed by atoms with van der Waals surface area (Å²) in [6.45, 7) is 0.840. The number of carbonyl (C=O) groups is 2. The summed E-state index contributed by atoms with van der Waals surface area (Å²) in [6.07, 6.45) is 2.44. The standard InChI is InChI=1S/C20H20N2O5/c1-25-17-11-14(6-7-15(17)22-9-3-2-4-19(22)23)21-20(24)13-5-8-16-18(10-13)27-12-26-16/h5-8,10-11H,2-4,9,12H2,1H3,(H,21,24). The highest BCUT2D eigenvalue weighted by Gasteiger charge is 2.23. The Balaban J connectivity index is 1.54. The number of nitrogens with one attached hydrogen (secondary N) is 1. The van der Waals surface area contributed by atoms with E-state index in [9.17, 15) is 9.59 Å². The van der Waals surface area contributed by atoms with E-state index in [-0.39, 0.29) is 18.6 Å². The number of rotatable bonds is 4. The molecule has 27 heavy (non-hydrogen) atoms. The molecular formula is C20H20N2O5. The van der Waals surface area contributed by atoms with E-state index >= 15 is 0 Å². The monoisotopic (exact) mass is 368 g/mol. The second-order valence-corrected chi connectivity index (χ2v) is 6.41. The van der Waals surface area contributed by atoms with Crippen LogP contribution in [0.25, 0.3) is 0 Å². The fraction of sp³-hybridized carbons (Fsp3) is 0.300. The van der Waals surface area contributed by atoms with Crippen molar-refractivity contribution in [3.63, 3.8) is 0 Å². The fourth-order valence-corrected chi connectivity index (χ4v) is 3.28. The van der Waals surface area contributed by atoms with Crippen LogP contribution in [0.5, 0.6) is 17.2 Å². The first-order chi connectivity index (χ1) is 13.2. The van der Waals surface area contributed by atoms with Gasteiger partial charge < -0.3 is 24.4 Å². The number of carbonyl (C=O) groups excluding carboxylic acids is 2. The van der Waals surface area contributed by atoms with Crippen LogP contribution in [0.1, 0.15) is 29.6 Å². The van der Waals surface area contributed by atoms with E-state index in [1.165, 1.54) is 0 Å². The molecular weight excluding hydrogens is 348 g/mol. The minimum Gasteiger partial charge on any atom is -0.494 e. The van der Waals surface area contributed by atoms with Crippen LogP contribution in [-0.4, -0.2) is 32.3 Å². The van der Waals surface area contributed by atoms with Crippen molar-refractivity contribution < 1.29 is 23.8 Å². The largest absolute Gasteiger partial charge is 0.494 e. The van der Waals surface area contributed by atoms with E-state index < -0.39 is 0 Å². The zero-order chi connectivity index (χ0) is 18.8. The maximum atomic E-state index is 12.5. The second-order valence-electron chi connectivity index (χ2n) is 6.41. The highest BCUT2D eigenvalue weighted by Crippen LogP contribution is 2.35. The van der Waals surface area contributed by atoms with Crippen LogP contribution < -0.4 is 24.4 Å². The van der Waals surface area contributed by atoms with Gasteiger partial charge in [0, 0.05) is 30.3 Å². The molecule has 1 N–H and O–H groups in total. The lowest BCUT2D eigenvalue weighted by atomic mass is 10.1. The van der Waals surface area contributed by atoms with Crippen molar-refractivity contribution >= 4 is 23.2 Å². The van der Waals surface area contributed by atoms with Crippen LogP contribution in [0.3, 0.4) is 0 Å². The summed E-state index contributed by atoms with van der Waals surface area (Å²) < 4.78 is 16.0. The fourth-order valence-electron chi connectivity index (χ4n) is 3.28. The van der Waals surface area contributed by atoms with E-state index in [0.717, 1.165) is 18.5 Å². The number of fused-ring (bicyclic) bond motifs is 1. The highest BCUT2D eigenvalue weighted by molar-refractivity contribution is 6.05.